The molecule has 2 atom stereocenters. The molecule has 0 saturated carbocycles. The van der Waals surface area contributed by atoms with Crippen LogP contribution >= 0.6 is 11.8 Å². The third-order valence-corrected chi connectivity index (χ3v) is 4.61. The van der Waals surface area contributed by atoms with Crippen molar-refractivity contribution in [3.8, 4) is 0 Å². The van der Waals surface area contributed by atoms with Gasteiger partial charge in [-0.1, -0.05) is 30.3 Å². The van der Waals surface area contributed by atoms with Gasteiger partial charge in [-0.15, -0.1) is 11.8 Å². The lowest BCUT2D eigenvalue weighted by atomic mass is 10.1. The summed E-state index contributed by atoms with van der Waals surface area (Å²) in [7, 11) is 0. The van der Waals surface area contributed by atoms with Gasteiger partial charge in [0.15, 0.2) is 0 Å². The summed E-state index contributed by atoms with van der Waals surface area (Å²) < 4.78 is 11.0. The fraction of sp³-hybridized carbons (Fsp3) is 0.500. The Kier molecular flexibility index (Phi) is 3.41. The topological polar surface area (TPSA) is 42.1 Å². The van der Waals surface area contributed by atoms with Gasteiger partial charge < -0.3 is 14.4 Å². The summed E-state index contributed by atoms with van der Waals surface area (Å²) in [5.74, 6) is 0. The summed E-state index contributed by atoms with van der Waals surface area (Å²) in [6.45, 7) is 1.72. The molecule has 1 amide bonds. The molecule has 19 heavy (non-hydrogen) atoms. The maximum atomic E-state index is 12.0. The standard InChI is InChI=1S/C14H17NO3S/c1-19-12-14(18-12)7-8-15(10-14)13(16)17-9-11-5-3-2-4-6-11/h2-6,12H,7-10H2,1H3. The predicted octanol–water partition coefficient (Wildman–Crippen LogP) is 2.49. The summed E-state index contributed by atoms with van der Waals surface area (Å²) in [6, 6.07) is 9.73. The second-order valence-corrected chi connectivity index (χ2v) is 5.86. The number of thioether (sulfide) groups is 1. The highest BCUT2D eigenvalue weighted by Gasteiger charge is 2.60. The van der Waals surface area contributed by atoms with E-state index in [1.165, 1.54) is 0 Å². The average molecular weight is 279 g/mol. The van der Waals surface area contributed by atoms with Gasteiger partial charge in [0.25, 0.3) is 0 Å². The van der Waals surface area contributed by atoms with Crippen molar-refractivity contribution >= 4 is 17.9 Å². The molecule has 2 saturated heterocycles. The highest BCUT2D eigenvalue weighted by molar-refractivity contribution is 7.99. The Balaban J connectivity index is 1.50. The normalized spacial score (nSPS) is 28.7. The highest BCUT2D eigenvalue weighted by Crippen LogP contribution is 2.49. The minimum Gasteiger partial charge on any atom is -0.445 e. The van der Waals surface area contributed by atoms with Gasteiger partial charge in [-0.2, -0.15) is 0 Å². The van der Waals surface area contributed by atoms with Gasteiger partial charge in [-0.05, 0) is 18.2 Å². The van der Waals surface area contributed by atoms with E-state index in [-0.39, 0.29) is 17.1 Å². The van der Waals surface area contributed by atoms with Crippen molar-refractivity contribution in [3.05, 3.63) is 35.9 Å². The van der Waals surface area contributed by atoms with Crippen LogP contribution in [0.5, 0.6) is 0 Å². The summed E-state index contributed by atoms with van der Waals surface area (Å²) in [6.07, 6.45) is 2.71. The van der Waals surface area contributed by atoms with Crippen LogP contribution < -0.4 is 0 Å². The summed E-state index contributed by atoms with van der Waals surface area (Å²) in [4.78, 5) is 13.7. The van der Waals surface area contributed by atoms with Crippen molar-refractivity contribution in [1.82, 2.24) is 4.90 Å². The molecule has 1 aromatic rings. The summed E-state index contributed by atoms with van der Waals surface area (Å²) in [5, 5.41) is 0. The number of hydrogen-bond donors (Lipinski definition) is 0. The van der Waals surface area contributed by atoms with Gasteiger partial charge in [0, 0.05) is 6.54 Å². The Bertz CT molecular complexity index is 467. The first kappa shape index (κ1) is 12.8. The molecule has 5 heteroatoms. The van der Waals surface area contributed by atoms with E-state index in [1.807, 2.05) is 36.6 Å². The zero-order valence-electron chi connectivity index (χ0n) is 10.9. The van der Waals surface area contributed by atoms with Gasteiger partial charge in [0.2, 0.25) is 0 Å². The second kappa shape index (κ2) is 5.06. The van der Waals surface area contributed by atoms with E-state index in [4.69, 9.17) is 9.47 Å². The molecule has 0 bridgehead atoms. The first-order valence-electron chi connectivity index (χ1n) is 6.40. The molecular formula is C14H17NO3S. The zero-order valence-corrected chi connectivity index (χ0v) is 11.7. The number of ether oxygens (including phenoxy) is 2. The van der Waals surface area contributed by atoms with Gasteiger partial charge in [0.05, 0.1) is 6.54 Å². The van der Waals surface area contributed by atoms with E-state index in [1.54, 1.807) is 16.7 Å². The van der Waals surface area contributed by atoms with Crippen LogP contribution in [0.3, 0.4) is 0 Å². The Hall–Kier alpha value is -1.20. The van der Waals surface area contributed by atoms with Crippen molar-refractivity contribution in [2.24, 2.45) is 0 Å². The molecule has 0 aliphatic carbocycles. The van der Waals surface area contributed by atoms with Crippen LogP contribution in [0, 0.1) is 0 Å². The van der Waals surface area contributed by atoms with Crippen molar-refractivity contribution in [2.45, 2.75) is 24.1 Å². The molecule has 2 fully saturated rings. The number of nitrogens with zero attached hydrogens (tertiary/aromatic N) is 1. The lowest BCUT2D eigenvalue weighted by Crippen LogP contribution is -2.31. The molecule has 0 radical (unpaired) electrons. The maximum Gasteiger partial charge on any atom is 0.410 e. The van der Waals surface area contributed by atoms with Gasteiger partial charge in [-0.3, -0.25) is 0 Å². The van der Waals surface area contributed by atoms with E-state index >= 15 is 0 Å². The molecule has 1 spiro atoms. The Labute approximate surface area is 117 Å². The molecule has 3 rings (SSSR count). The summed E-state index contributed by atoms with van der Waals surface area (Å²) in [5.41, 5.74) is 1.17. The lowest BCUT2D eigenvalue weighted by molar-refractivity contribution is 0.102. The molecule has 2 aliphatic rings. The van der Waals surface area contributed by atoms with Crippen LogP contribution in [0.25, 0.3) is 0 Å². The van der Waals surface area contributed by atoms with Crippen molar-refractivity contribution in [3.63, 3.8) is 0 Å². The van der Waals surface area contributed by atoms with Crippen LogP contribution in [0.15, 0.2) is 30.3 Å². The fourth-order valence-electron chi connectivity index (χ4n) is 2.50. The first-order valence-corrected chi connectivity index (χ1v) is 7.68. The molecule has 0 N–H and O–H groups in total. The zero-order chi connectivity index (χ0) is 13.3. The Morgan fingerprint density at radius 3 is 3.00 bits per heavy atom. The van der Waals surface area contributed by atoms with Crippen molar-refractivity contribution < 1.29 is 14.3 Å². The number of carbonyl (C=O) groups excluding carboxylic acids is 1. The highest BCUT2D eigenvalue weighted by atomic mass is 32.2. The average Bonchev–Trinajstić information content (AvgIpc) is 2.96. The number of likely N-dealkylation sites (tertiary alicyclic amines) is 1. The number of hydrogen-bond acceptors (Lipinski definition) is 4. The molecular weight excluding hydrogens is 262 g/mol. The van der Waals surface area contributed by atoms with Crippen molar-refractivity contribution in [2.75, 3.05) is 19.3 Å². The number of rotatable bonds is 3. The number of epoxide rings is 1. The van der Waals surface area contributed by atoms with Crippen LogP contribution in [-0.4, -0.2) is 41.4 Å². The van der Waals surface area contributed by atoms with Crippen LogP contribution in [-0.2, 0) is 16.1 Å². The summed E-state index contributed by atoms with van der Waals surface area (Å²) >= 11 is 1.71. The van der Waals surface area contributed by atoms with Crippen LogP contribution in [0.4, 0.5) is 4.79 Å². The van der Waals surface area contributed by atoms with Gasteiger partial charge in [0.1, 0.15) is 17.6 Å². The third kappa shape index (κ3) is 2.58. The molecule has 102 valence electrons. The van der Waals surface area contributed by atoms with E-state index in [2.05, 4.69) is 0 Å². The SMILES string of the molecule is CSC1OC12CCN(C(=O)OCc1ccccc1)C2. The van der Waals surface area contributed by atoms with E-state index in [0.717, 1.165) is 18.5 Å². The Morgan fingerprint density at radius 1 is 1.53 bits per heavy atom. The molecule has 2 aliphatic heterocycles. The second-order valence-electron chi connectivity index (χ2n) is 4.96. The van der Waals surface area contributed by atoms with E-state index < -0.39 is 0 Å². The quantitative estimate of drug-likeness (QED) is 0.797. The number of carbonyl (C=O) groups is 1. The monoisotopic (exact) mass is 279 g/mol. The fourth-order valence-corrected chi connectivity index (χ4v) is 3.41. The number of amides is 1. The molecule has 2 heterocycles. The van der Waals surface area contributed by atoms with Gasteiger partial charge in [-0.25, -0.2) is 4.79 Å². The Morgan fingerprint density at radius 2 is 2.32 bits per heavy atom. The first-order chi connectivity index (χ1) is 9.23. The molecule has 1 aromatic carbocycles. The predicted molar refractivity (Wildman–Crippen MR) is 73.9 cm³/mol. The van der Waals surface area contributed by atoms with E-state index in [9.17, 15) is 4.79 Å². The minimum absolute atomic E-state index is 0.0921. The van der Waals surface area contributed by atoms with Crippen LogP contribution in [0.2, 0.25) is 0 Å². The maximum absolute atomic E-state index is 12.0. The van der Waals surface area contributed by atoms with Gasteiger partial charge >= 0.3 is 6.09 Å². The third-order valence-electron chi connectivity index (χ3n) is 3.65. The van der Waals surface area contributed by atoms with Crippen LogP contribution in [0.1, 0.15) is 12.0 Å². The largest absolute Gasteiger partial charge is 0.445 e. The lowest BCUT2D eigenvalue weighted by Gasteiger charge is -2.15. The minimum atomic E-state index is -0.240. The van der Waals surface area contributed by atoms with Crippen molar-refractivity contribution in [1.29, 1.82) is 0 Å². The smallest absolute Gasteiger partial charge is 0.410 e. The molecule has 2 unspecified atom stereocenters. The van der Waals surface area contributed by atoms with E-state index in [0.29, 0.717) is 13.2 Å². The molecule has 4 nitrogen and oxygen atoms in total. The molecule has 0 aromatic heterocycles. The number of benzene rings is 1.